The van der Waals surface area contributed by atoms with Crippen LogP contribution in [0.2, 0.25) is 0 Å². The van der Waals surface area contributed by atoms with Gasteiger partial charge in [0.05, 0.1) is 11.7 Å². The average molecular weight is 289 g/mol. The van der Waals surface area contributed by atoms with Crippen molar-refractivity contribution in [3.63, 3.8) is 0 Å². The lowest BCUT2D eigenvalue weighted by atomic mass is 10.2. The highest BCUT2D eigenvalue weighted by atomic mass is 16.2. The van der Waals surface area contributed by atoms with Crippen molar-refractivity contribution < 1.29 is 4.79 Å². The number of anilines is 1. The maximum Gasteiger partial charge on any atom is 0.350 e. The van der Waals surface area contributed by atoms with Gasteiger partial charge in [-0.1, -0.05) is 24.8 Å². The molecular formula is C15H23N5O. The quantitative estimate of drug-likeness (QED) is 0.555. The van der Waals surface area contributed by atoms with Gasteiger partial charge in [-0.25, -0.2) is 20.2 Å². The fourth-order valence-corrected chi connectivity index (χ4v) is 1.73. The molecule has 1 rings (SSSR count). The maximum absolute atomic E-state index is 12.3. The Hall–Kier alpha value is -2.18. The van der Waals surface area contributed by atoms with Gasteiger partial charge in [-0.2, -0.15) is 0 Å². The Kier molecular flexibility index (Phi) is 6.08. The Labute approximate surface area is 125 Å². The summed E-state index contributed by atoms with van der Waals surface area (Å²) >= 11 is 0. The molecule has 1 unspecified atom stereocenters. The smallest absolute Gasteiger partial charge is 0.308 e. The van der Waals surface area contributed by atoms with Gasteiger partial charge >= 0.3 is 6.03 Å². The van der Waals surface area contributed by atoms with Crippen molar-refractivity contribution in [1.82, 2.24) is 15.9 Å². The Morgan fingerprint density at radius 3 is 2.67 bits per heavy atom. The highest BCUT2D eigenvalue weighted by molar-refractivity contribution is 5.91. The van der Waals surface area contributed by atoms with Gasteiger partial charge in [0, 0.05) is 19.8 Å². The van der Waals surface area contributed by atoms with E-state index in [0.29, 0.717) is 11.4 Å². The van der Waals surface area contributed by atoms with Crippen LogP contribution in [0.4, 0.5) is 10.5 Å². The molecule has 1 atom stereocenters. The molecule has 2 amide bonds. The van der Waals surface area contributed by atoms with Gasteiger partial charge in [0.25, 0.3) is 0 Å². The van der Waals surface area contributed by atoms with Crippen LogP contribution in [0.3, 0.4) is 0 Å². The minimum Gasteiger partial charge on any atom is -0.308 e. The minimum atomic E-state index is -0.325. The standard InChI is InChI=1S/C15H23N5O/c1-6-13-8-7-9-14(10-13)20(17-4)15(21)18-19(5)12(3)11(2)16/h6-10,12,16-17H,1H2,2-5H3,(H,18,21). The second-order valence-electron chi connectivity index (χ2n) is 4.74. The molecule has 0 bridgehead atoms. The number of hydrazine groups is 2. The number of carbonyl (C=O) groups is 1. The summed E-state index contributed by atoms with van der Waals surface area (Å²) in [6.07, 6.45) is 1.72. The molecule has 0 spiro atoms. The van der Waals surface area contributed by atoms with E-state index in [0.717, 1.165) is 5.56 Å². The van der Waals surface area contributed by atoms with E-state index >= 15 is 0 Å². The average Bonchev–Trinajstić information content (AvgIpc) is 2.47. The summed E-state index contributed by atoms with van der Waals surface area (Å²) in [5.74, 6) is 0. The number of rotatable bonds is 6. The lowest BCUT2D eigenvalue weighted by Crippen LogP contribution is -2.55. The third-order valence-electron chi connectivity index (χ3n) is 3.27. The number of nitrogens with zero attached hydrogens (tertiary/aromatic N) is 2. The predicted molar refractivity (Wildman–Crippen MR) is 87.2 cm³/mol. The summed E-state index contributed by atoms with van der Waals surface area (Å²) in [7, 11) is 3.40. The van der Waals surface area contributed by atoms with Gasteiger partial charge in [-0.3, -0.25) is 5.43 Å². The second-order valence-corrected chi connectivity index (χ2v) is 4.74. The third kappa shape index (κ3) is 4.40. The van der Waals surface area contributed by atoms with Gasteiger partial charge in [0.2, 0.25) is 0 Å². The number of amides is 2. The summed E-state index contributed by atoms with van der Waals surface area (Å²) in [5.41, 5.74) is 7.70. The lowest BCUT2D eigenvalue weighted by Gasteiger charge is -2.29. The molecule has 0 saturated carbocycles. The molecule has 1 aromatic carbocycles. The van der Waals surface area contributed by atoms with Crippen LogP contribution in [0.5, 0.6) is 0 Å². The SMILES string of the molecule is C=Cc1cccc(N(NC)C(=O)NN(C)C(C)C(C)=N)c1. The first-order valence-electron chi connectivity index (χ1n) is 6.69. The van der Waals surface area contributed by atoms with Crippen LogP contribution < -0.4 is 15.9 Å². The summed E-state index contributed by atoms with van der Waals surface area (Å²) in [6.45, 7) is 7.28. The minimum absolute atomic E-state index is 0.174. The first-order chi connectivity index (χ1) is 9.90. The molecule has 0 saturated heterocycles. The normalized spacial score (nSPS) is 11.9. The molecule has 0 aromatic heterocycles. The molecule has 6 heteroatoms. The number of hydrogen-bond donors (Lipinski definition) is 3. The van der Waals surface area contributed by atoms with Crippen LogP contribution >= 0.6 is 0 Å². The van der Waals surface area contributed by atoms with Crippen molar-refractivity contribution >= 4 is 23.5 Å². The molecular weight excluding hydrogens is 266 g/mol. The van der Waals surface area contributed by atoms with Crippen molar-refractivity contribution in [2.75, 3.05) is 19.1 Å². The van der Waals surface area contributed by atoms with Crippen LogP contribution in [0.1, 0.15) is 19.4 Å². The predicted octanol–water partition coefficient (Wildman–Crippen LogP) is 2.25. The van der Waals surface area contributed by atoms with Crippen LogP contribution in [0.15, 0.2) is 30.8 Å². The monoisotopic (exact) mass is 289 g/mol. The van der Waals surface area contributed by atoms with Crippen LogP contribution in [0.25, 0.3) is 6.08 Å². The molecule has 6 nitrogen and oxygen atoms in total. The molecule has 0 aliphatic carbocycles. The molecule has 0 fully saturated rings. The van der Waals surface area contributed by atoms with Crippen molar-refractivity contribution in [2.24, 2.45) is 0 Å². The molecule has 3 N–H and O–H groups in total. The van der Waals surface area contributed by atoms with Gasteiger partial charge in [-0.05, 0) is 31.5 Å². The van der Waals surface area contributed by atoms with Crippen LogP contribution in [-0.2, 0) is 0 Å². The third-order valence-corrected chi connectivity index (χ3v) is 3.27. The summed E-state index contributed by atoms with van der Waals surface area (Å²) in [4.78, 5) is 12.3. The number of nitrogens with one attached hydrogen (secondary N) is 3. The molecule has 1 aromatic rings. The second kappa shape index (κ2) is 7.56. The molecule has 0 radical (unpaired) electrons. The van der Waals surface area contributed by atoms with E-state index in [2.05, 4.69) is 17.4 Å². The van der Waals surface area contributed by atoms with E-state index in [1.807, 2.05) is 31.2 Å². The van der Waals surface area contributed by atoms with Gasteiger partial charge in [0.15, 0.2) is 0 Å². The van der Waals surface area contributed by atoms with E-state index in [4.69, 9.17) is 5.41 Å². The molecule has 0 aliphatic heterocycles. The Morgan fingerprint density at radius 2 is 2.14 bits per heavy atom. The van der Waals surface area contributed by atoms with E-state index in [9.17, 15) is 4.79 Å². The van der Waals surface area contributed by atoms with Crippen molar-refractivity contribution in [3.8, 4) is 0 Å². The zero-order valence-electron chi connectivity index (χ0n) is 13.0. The number of urea groups is 1. The van der Waals surface area contributed by atoms with Gasteiger partial charge < -0.3 is 5.41 Å². The van der Waals surface area contributed by atoms with Gasteiger partial charge in [-0.15, -0.1) is 0 Å². The maximum atomic E-state index is 12.3. The summed E-state index contributed by atoms with van der Waals surface area (Å²) in [5, 5.41) is 10.6. The van der Waals surface area contributed by atoms with E-state index in [-0.39, 0.29) is 12.1 Å². The number of benzene rings is 1. The summed E-state index contributed by atoms with van der Waals surface area (Å²) in [6, 6.07) is 6.96. The first kappa shape index (κ1) is 16.9. The highest BCUT2D eigenvalue weighted by Crippen LogP contribution is 2.15. The number of hydrogen-bond acceptors (Lipinski definition) is 4. The van der Waals surface area contributed by atoms with Crippen LogP contribution in [-0.4, -0.2) is 36.9 Å². The molecule has 21 heavy (non-hydrogen) atoms. The fraction of sp³-hybridized carbons (Fsp3) is 0.333. The zero-order chi connectivity index (χ0) is 16.0. The first-order valence-corrected chi connectivity index (χ1v) is 6.69. The van der Waals surface area contributed by atoms with Crippen molar-refractivity contribution in [1.29, 1.82) is 5.41 Å². The van der Waals surface area contributed by atoms with E-state index < -0.39 is 0 Å². The number of carbonyl (C=O) groups excluding carboxylic acids is 1. The van der Waals surface area contributed by atoms with E-state index in [1.54, 1.807) is 32.1 Å². The fourth-order valence-electron chi connectivity index (χ4n) is 1.73. The summed E-state index contributed by atoms with van der Waals surface area (Å²) < 4.78 is 0. The van der Waals surface area contributed by atoms with Crippen molar-refractivity contribution in [2.45, 2.75) is 19.9 Å². The Balaban J connectivity index is 2.86. The lowest BCUT2D eigenvalue weighted by molar-refractivity contribution is 0.193. The zero-order valence-corrected chi connectivity index (χ0v) is 13.0. The van der Waals surface area contributed by atoms with E-state index in [1.165, 1.54) is 5.01 Å². The molecule has 0 aliphatic rings. The molecule has 114 valence electrons. The van der Waals surface area contributed by atoms with Gasteiger partial charge in [0.1, 0.15) is 0 Å². The topological polar surface area (TPSA) is 71.5 Å². The largest absolute Gasteiger partial charge is 0.350 e. The van der Waals surface area contributed by atoms with Crippen molar-refractivity contribution in [3.05, 3.63) is 36.4 Å². The Bertz CT molecular complexity index is 529. The van der Waals surface area contributed by atoms with Crippen LogP contribution in [0, 0.1) is 5.41 Å². The Morgan fingerprint density at radius 1 is 1.48 bits per heavy atom. The molecule has 0 heterocycles. The highest BCUT2D eigenvalue weighted by Gasteiger charge is 2.19.